The third kappa shape index (κ3) is 3.85. The van der Waals surface area contributed by atoms with E-state index < -0.39 is 0 Å². The van der Waals surface area contributed by atoms with Gasteiger partial charge in [-0.25, -0.2) is 4.68 Å². The van der Waals surface area contributed by atoms with Crippen molar-refractivity contribution in [3.63, 3.8) is 0 Å². The Balaban J connectivity index is 1.44. The molecule has 1 aliphatic rings. The number of benzene rings is 2. The predicted molar refractivity (Wildman–Crippen MR) is 124 cm³/mol. The lowest BCUT2D eigenvalue weighted by Gasteiger charge is -2.35. The van der Waals surface area contributed by atoms with Crippen molar-refractivity contribution in [2.24, 2.45) is 0 Å². The lowest BCUT2D eigenvalue weighted by molar-refractivity contribution is 0.0741. The molecule has 2 aromatic carbocycles. The van der Waals surface area contributed by atoms with Crippen LogP contribution >= 0.6 is 0 Å². The molecule has 0 spiro atoms. The van der Waals surface area contributed by atoms with Crippen LogP contribution in [0.3, 0.4) is 0 Å². The summed E-state index contributed by atoms with van der Waals surface area (Å²) in [6, 6.07) is 22.1. The van der Waals surface area contributed by atoms with Crippen LogP contribution in [-0.4, -0.2) is 57.0 Å². The van der Waals surface area contributed by atoms with Gasteiger partial charge in [-0.1, -0.05) is 41.1 Å². The Hall–Kier alpha value is -4.00. The normalized spacial score (nSPS) is 13.9. The van der Waals surface area contributed by atoms with Crippen LogP contribution in [-0.2, 0) is 0 Å². The lowest BCUT2D eigenvalue weighted by Crippen LogP contribution is -2.49. The number of aryl methyl sites for hydroxylation is 1. The monoisotopic (exact) mass is 424 g/mol. The zero-order valence-corrected chi connectivity index (χ0v) is 17.9. The first-order chi connectivity index (χ1) is 15.7. The van der Waals surface area contributed by atoms with Crippen molar-refractivity contribution in [2.45, 2.75) is 6.92 Å². The molecule has 160 valence electrons. The van der Waals surface area contributed by atoms with Crippen molar-refractivity contribution < 1.29 is 4.79 Å². The molecule has 0 aliphatic carbocycles. The van der Waals surface area contributed by atoms with Gasteiger partial charge in [0.05, 0.1) is 5.69 Å². The first-order valence-electron chi connectivity index (χ1n) is 10.7. The minimum Gasteiger partial charge on any atom is -0.368 e. The molecule has 1 saturated heterocycles. The number of hydrogen-bond donors (Lipinski definition) is 0. The smallest absolute Gasteiger partial charge is 0.276 e. The first-order valence-corrected chi connectivity index (χ1v) is 10.7. The van der Waals surface area contributed by atoms with E-state index in [1.165, 1.54) is 5.69 Å². The summed E-state index contributed by atoms with van der Waals surface area (Å²) in [7, 11) is 0. The molecule has 7 heteroatoms. The Morgan fingerprint density at radius 1 is 0.844 bits per heavy atom. The minimum atomic E-state index is -0.102. The van der Waals surface area contributed by atoms with E-state index in [1.54, 1.807) is 17.1 Å². The Bertz CT molecular complexity index is 1200. The fourth-order valence-electron chi connectivity index (χ4n) is 4.01. The Morgan fingerprint density at radius 3 is 2.28 bits per heavy atom. The number of carbonyl (C=O) groups excluding carboxylic acids is 1. The molecule has 3 heterocycles. The van der Waals surface area contributed by atoms with Crippen LogP contribution in [0.4, 0.5) is 5.69 Å². The van der Waals surface area contributed by atoms with E-state index in [0.29, 0.717) is 24.5 Å². The van der Waals surface area contributed by atoms with Gasteiger partial charge in [0.15, 0.2) is 5.69 Å². The van der Waals surface area contributed by atoms with E-state index in [-0.39, 0.29) is 5.91 Å². The summed E-state index contributed by atoms with van der Waals surface area (Å²) in [5.41, 5.74) is 5.02. The molecular weight excluding hydrogens is 400 g/mol. The van der Waals surface area contributed by atoms with Crippen molar-refractivity contribution in [1.82, 2.24) is 24.9 Å². The van der Waals surface area contributed by atoms with Crippen molar-refractivity contribution in [3.8, 4) is 16.9 Å². The number of carbonyl (C=O) groups is 1. The fraction of sp³-hybridized carbons (Fsp3) is 0.200. The van der Waals surface area contributed by atoms with Gasteiger partial charge in [-0.2, -0.15) is 0 Å². The Labute approximate surface area is 186 Å². The number of aromatic nitrogens is 4. The van der Waals surface area contributed by atoms with Gasteiger partial charge in [-0.05, 0) is 43.3 Å². The molecule has 0 bridgehead atoms. The molecule has 4 aromatic rings. The van der Waals surface area contributed by atoms with Crippen LogP contribution in [0.15, 0.2) is 79.1 Å². The summed E-state index contributed by atoms with van der Waals surface area (Å²) in [4.78, 5) is 21.9. The summed E-state index contributed by atoms with van der Waals surface area (Å²) in [6.07, 6.45) is 3.46. The lowest BCUT2D eigenvalue weighted by atomic mass is 10.1. The number of pyridine rings is 1. The van der Waals surface area contributed by atoms with Crippen molar-refractivity contribution >= 4 is 11.6 Å². The van der Waals surface area contributed by atoms with E-state index in [9.17, 15) is 4.79 Å². The van der Waals surface area contributed by atoms with E-state index in [2.05, 4.69) is 32.3 Å². The van der Waals surface area contributed by atoms with Gasteiger partial charge in [0, 0.05) is 49.8 Å². The standard InChI is InChI=1S/C25H24N6O/c1-19-9-11-22(12-10-19)31-24(20-6-5-13-26-18-20)23(27-28-31)25(32)30-16-14-29(15-17-30)21-7-3-2-4-8-21/h2-13,18H,14-17H2,1H3. The minimum absolute atomic E-state index is 0.102. The second kappa shape index (κ2) is 8.63. The zero-order chi connectivity index (χ0) is 21.9. The molecule has 0 radical (unpaired) electrons. The third-order valence-electron chi connectivity index (χ3n) is 5.77. The number of amides is 1. The third-order valence-corrected chi connectivity index (χ3v) is 5.77. The predicted octanol–water partition coefficient (Wildman–Crippen LogP) is 3.60. The maximum Gasteiger partial charge on any atom is 0.276 e. The Kier molecular flexibility index (Phi) is 5.37. The average Bonchev–Trinajstić information content (AvgIpc) is 3.30. The van der Waals surface area contributed by atoms with Crippen molar-refractivity contribution in [1.29, 1.82) is 0 Å². The van der Waals surface area contributed by atoms with Crippen molar-refractivity contribution in [3.05, 3.63) is 90.4 Å². The summed E-state index contributed by atoms with van der Waals surface area (Å²) in [5.74, 6) is -0.102. The van der Waals surface area contributed by atoms with E-state index in [0.717, 1.165) is 29.9 Å². The zero-order valence-electron chi connectivity index (χ0n) is 17.9. The van der Waals surface area contributed by atoms with Crippen LogP contribution in [0, 0.1) is 6.92 Å². The Morgan fingerprint density at radius 2 is 1.59 bits per heavy atom. The highest BCUT2D eigenvalue weighted by Gasteiger charge is 2.29. The van der Waals surface area contributed by atoms with Crippen LogP contribution in [0.25, 0.3) is 16.9 Å². The van der Waals surface area contributed by atoms with E-state index in [4.69, 9.17) is 0 Å². The second-order valence-electron chi connectivity index (χ2n) is 7.89. The van der Waals surface area contributed by atoms with Gasteiger partial charge in [0.2, 0.25) is 0 Å². The average molecular weight is 425 g/mol. The highest BCUT2D eigenvalue weighted by molar-refractivity contribution is 5.98. The molecule has 1 amide bonds. The molecule has 1 fully saturated rings. The van der Waals surface area contributed by atoms with Crippen LogP contribution in [0.1, 0.15) is 16.1 Å². The number of rotatable bonds is 4. The van der Waals surface area contributed by atoms with Crippen LogP contribution in [0.2, 0.25) is 0 Å². The molecule has 0 unspecified atom stereocenters. The van der Waals surface area contributed by atoms with Crippen molar-refractivity contribution in [2.75, 3.05) is 31.1 Å². The maximum absolute atomic E-state index is 13.5. The van der Waals surface area contributed by atoms with E-state index >= 15 is 0 Å². The molecule has 0 N–H and O–H groups in total. The van der Waals surface area contributed by atoms with Gasteiger partial charge in [-0.15, -0.1) is 5.10 Å². The molecule has 0 saturated carbocycles. The van der Waals surface area contributed by atoms with Gasteiger partial charge in [0.1, 0.15) is 5.69 Å². The molecule has 1 aliphatic heterocycles. The fourth-order valence-corrected chi connectivity index (χ4v) is 4.01. The molecule has 32 heavy (non-hydrogen) atoms. The summed E-state index contributed by atoms with van der Waals surface area (Å²) >= 11 is 0. The topological polar surface area (TPSA) is 67.2 Å². The number of piperazine rings is 1. The van der Waals surface area contributed by atoms with Gasteiger partial charge in [0.25, 0.3) is 5.91 Å². The number of nitrogens with zero attached hydrogens (tertiary/aromatic N) is 6. The molecule has 2 aromatic heterocycles. The van der Waals surface area contributed by atoms with E-state index in [1.807, 2.05) is 66.4 Å². The summed E-state index contributed by atoms with van der Waals surface area (Å²) in [5, 5.41) is 8.68. The second-order valence-corrected chi connectivity index (χ2v) is 7.89. The van der Waals surface area contributed by atoms with Crippen LogP contribution < -0.4 is 4.90 Å². The first kappa shape index (κ1) is 19.9. The molecular formula is C25H24N6O. The van der Waals surface area contributed by atoms with Gasteiger partial charge in [-0.3, -0.25) is 9.78 Å². The molecule has 0 atom stereocenters. The SMILES string of the molecule is Cc1ccc(-n2nnc(C(=O)N3CCN(c4ccccc4)CC3)c2-c2cccnc2)cc1. The highest BCUT2D eigenvalue weighted by Crippen LogP contribution is 2.26. The molecule has 5 rings (SSSR count). The highest BCUT2D eigenvalue weighted by atomic mass is 16.2. The maximum atomic E-state index is 13.5. The number of hydrogen-bond acceptors (Lipinski definition) is 5. The quantitative estimate of drug-likeness (QED) is 0.501. The molecule has 7 nitrogen and oxygen atoms in total. The van der Waals surface area contributed by atoms with Gasteiger partial charge >= 0.3 is 0 Å². The van der Waals surface area contributed by atoms with Crippen LogP contribution in [0.5, 0.6) is 0 Å². The van der Waals surface area contributed by atoms with Gasteiger partial charge < -0.3 is 9.80 Å². The summed E-state index contributed by atoms with van der Waals surface area (Å²) in [6.45, 7) is 4.88. The largest absolute Gasteiger partial charge is 0.368 e. The number of para-hydroxylation sites is 1. The summed E-state index contributed by atoms with van der Waals surface area (Å²) < 4.78 is 1.73. The number of anilines is 1.